The summed E-state index contributed by atoms with van der Waals surface area (Å²) in [5, 5.41) is 22.8. The summed E-state index contributed by atoms with van der Waals surface area (Å²) in [6, 6.07) is 13.3. The molecule has 2 amide bonds. The van der Waals surface area contributed by atoms with Crippen LogP contribution in [0.2, 0.25) is 0 Å². The molecular weight excluding hydrogens is 336 g/mol. The number of nitriles is 1. The number of aromatic carboxylic acids is 1. The quantitative estimate of drug-likeness (QED) is 0.367. The molecule has 0 aromatic heterocycles. The lowest BCUT2D eigenvalue weighted by atomic mass is 10.2. The first-order chi connectivity index (χ1) is 12.4. The summed E-state index contributed by atoms with van der Waals surface area (Å²) in [6.07, 6.45) is 0.981. The Hall–Kier alpha value is -4.12. The minimum Gasteiger partial charge on any atom is -0.478 e. The number of hydrogen-bond donors (Lipinski definition) is 4. The molecule has 8 heteroatoms. The molecule has 5 N–H and O–H groups in total. The average Bonchev–Trinajstić information content (AvgIpc) is 2.62. The molecule has 0 bridgehead atoms. The van der Waals surface area contributed by atoms with Crippen molar-refractivity contribution >= 4 is 29.2 Å². The van der Waals surface area contributed by atoms with Crippen LogP contribution in [0.4, 0.5) is 11.4 Å². The number of amides is 2. The van der Waals surface area contributed by atoms with Gasteiger partial charge in [0.25, 0.3) is 11.8 Å². The zero-order valence-corrected chi connectivity index (χ0v) is 13.4. The summed E-state index contributed by atoms with van der Waals surface area (Å²) in [6.45, 7) is 0. The van der Waals surface area contributed by atoms with Crippen LogP contribution in [0.15, 0.2) is 60.3 Å². The van der Waals surface area contributed by atoms with E-state index >= 15 is 0 Å². The molecule has 8 nitrogen and oxygen atoms in total. The lowest BCUT2D eigenvalue weighted by Gasteiger charge is -2.06. The number of hydrogen-bond acceptors (Lipinski definition) is 5. The normalized spacial score (nSPS) is 10.5. The molecule has 130 valence electrons. The minimum atomic E-state index is -1.15. The van der Waals surface area contributed by atoms with Crippen molar-refractivity contribution < 1.29 is 19.5 Å². The summed E-state index contributed by atoms with van der Waals surface area (Å²) in [5.74, 6) is -2.45. The zero-order valence-electron chi connectivity index (χ0n) is 13.4. The number of carbonyl (C=O) groups excluding carboxylic acids is 2. The Labute approximate surface area is 148 Å². The molecule has 0 saturated carbocycles. The summed E-state index contributed by atoms with van der Waals surface area (Å²) >= 11 is 0. The standard InChI is InChI=1S/C18H14N4O4/c19-9-13(10-21-16(23)11-4-6-14(20)7-5-11)17(24)22-15-3-1-2-12(8-15)18(25)26/h1-8,10H,20H2,(H,21,23)(H,22,24)(H,25,26)/b13-10-. The Morgan fingerprint density at radius 3 is 2.38 bits per heavy atom. The van der Waals surface area contributed by atoms with Crippen LogP contribution in [-0.2, 0) is 4.79 Å². The zero-order chi connectivity index (χ0) is 19.1. The van der Waals surface area contributed by atoms with Gasteiger partial charge < -0.3 is 21.5 Å². The molecule has 0 aliphatic rings. The third-order valence-electron chi connectivity index (χ3n) is 3.25. The van der Waals surface area contributed by atoms with Gasteiger partial charge in [-0.05, 0) is 42.5 Å². The Kier molecular flexibility index (Phi) is 5.69. The Morgan fingerprint density at radius 2 is 1.77 bits per heavy atom. The fraction of sp³-hybridized carbons (Fsp3) is 0. The van der Waals surface area contributed by atoms with E-state index in [0.717, 1.165) is 6.20 Å². The Bertz CT molecular complexity index is 927. The number of nitrogens with two attached hydrogens (primary N) is 1. The second kappa shape index (κ2) is 8.12. The second-order valence-corrected chi connectivity index (χ2v) is 5.11. The van der Waals surface area contributed by atoms with Crippen LogP contribution in [0.5, 0.6) is 0 Å². The topological polar surface area (TPSA) is 145 Å². The van der Waals surface area contributed by atoms with Crippen LogP contribution < -0.4 is 16.4 Å². The Balaban J connectivity index is 2.08. The van der Waals surface area contributed by atoms with Gasteiger partial charge >= 0.3 is 5.97 Å². The van der Waals surface area contributed by atoms with E-state index in [2.05, 4.69) is 10.6 Å². The first kappa shape index (κ1) is 18.2. The van der Waals surface area contributed by atoms with Crippen molar-refractivity contribution in [3.8, 4) is 6.07 Å². The van der Waals surface area contributed by atoms with Crippen LogP contribution in [0.25, 0.3) is 0 Å². The fourth-order valence-electron chi connectivity index (χ4n) is 1.93. The molecule has 0 aliphatic heterocycles. The van der Waals surface area contributed by atoms with E-state index in [-0.39, 0.29) is 16.8 Å². The maximum absolute atomic E-state index is 12.1. The van der Waals surface area contributed by atoms with Gasteiger partial charge in [0.15, 0.2) is 0 Å². The highest BCUT2D eigenvalue weighted by Gasteiger charge is 2.12. The summed E-state index contributed by atoms with van der Waals surface area (Å²) in [7, 11) is 0. The van der Waals surface area contributed by atoms with Gasteiger partial charge in [0.05, 0.1) is 5.56 Å². The van der Waals surface area contributed by atoms with E-state index in [1.54, 1.807) is 18.2 Å². The van der Waals surface area contributed by atoms with Crippen molar-refractivity contribution in [1.82, 2.24) is 5.32 Å². The van der Waals surface area contributed by atoms with Crippen LogP contribution in [0, 0.1) is 11.3 Å². The number of nitrogens with zero attached hydrogens (tertiary/aromatic N) is 1. The number of anilines is 2. The molecule has 0 radical (unpaired) electrons. The third kappa shape index (κ3) is 4.69. The molecule has 2 aromatic carbocycles. The summed E-state index contributed by atoms with van der Waals surface area (Å²) in [5.41, 5.74) is 6.19. The predicted octanol–water partition coefficient (Wildman–Crippen LogP) is 1.74. The van der Waals surface area contributed by atoms with Gasteiger partial charge in [0.1, 0.15) is 11.6 Å². The average molecular weight is 350 g/mol. The fourth-order valence-corrected chi connectivity index (χ4v) is 1.93. The summed E-state index contributed by atoms with van der Waals surface area (Å²) < 4.78 is 0. The summed E-state index contributed by atoms with van der Waals surface area (Å²) in [4.78, 5) is 35.0. The molecule has 0 heterocycles. The molecule has 26 heavy (non-hydrogen) atoms. The third-order valence-corrected chi connectivity index (χ3v) is 3.25. The highest BCUT2D eigenvalue weighted by Crippen LogP contribution is 2.12. The lowest BCUT2D eigenvalue weighted by Crippen LogP contribution is -2.21. The van der Waals surface area contributed by atoms with Crippen molar-refractivity contribution in [1.29, 1.82) is 5.26 Å². The Morgan fingerprint density at radius 1 is 1.08 bits per heavy atom. The largest absolute Gasteiger partial charge is 0.478 e. The van der Waals surface area contributed by atoms with E-state index in [4.69, 9.17) is 16.1 Å². The molecule has 0 atom stereocenters. The molecule has 2 aromatic rings. The number of nitrogen functional groups attached to an aromatic ring is 1. The van der Waals surface area contributed by atoms with Gasteiger partial charge in [-0.15, -0.1) is 0 Å². The number of carboxylic acid groups (broad SMARTS) is 1. The number of benzene rings is 2. The first-order valence-corrected chi connectivity index (χ1v) is 7.32. The van der Waals surface area contributed by atoms with E-state index < -0.39 is 17.8 Å². The van der Waals surface area contributed by atoms with Gasteiger partial charge in [-0.3, -0.25) is 9.59 Å². The molecular formula is C18H14N4O4. The van der Waals surface area contributed by atoms with E-state index in [1.165, 1.54) is 36.4 Å². The van der Waals surface area contributed by atoms with Crippen LogP contribution in [0.3, 0.4) is 0 Å². The van der Waals surface area contributed by atoms with Crippen molar-refractivity contribution in [3.63, 3.8) is 0 Å². The molecule has 2 rings (SSSR count). The predicted molar refractivity (Wildman–Crippen MR) is 94.0 cm³/mol. The SMILES string of the molecule is N#C/C(=C/NC(=O)c1ccc(N)cc1)C(=O)Nc1cccc(C(=O)O)c1. The van der Waals surface area contributed by atoms with Crippen molar-refractivity contribution in [2.45, 2.75) is 0 Å². The smallest absolute Gasteiger partial charge is 0.335 e. The molecule has 0 spiro atoms. The first-order valence-electron chi connectivity index (χ1n) is 7.32. The van der Waals surface area contributed by atoms with Crippen molar-refractivity contribution in [2.24, 2.45) is 0 Å². The van der Waals surface area contributed by atoms with Crippen LogP contribution in [-0.4, -0.2) is 22.9 Å². The van der Waals surface area contributed by atoms with Crippen LogP contribution in [0.1, 0.15) is 20.7 Å². The number of carboxylic acids is 1. The van der Waals surface area contributed by atoms with Crippen molar-refractivity contribution in [2.75, 3.05) is 11.1 Å². The van der Waals surface area contributed by atoms with Gasteiger partial charge in [0.2, 0.25) is 0 Å². The second-order valence-electron chi connectivity index (χ2n) is 5.11. The minimum absolute atomic E-state index is 0.0121. The van der Waals surface area contributed by atoms with E-state index in [9.17, 15) is 14.4 Å². The monoisotopic (exact) mass is 350 g/mol. The number of nitrogens with one attached hydrogen (secondary N) is 2. The molecule has 0 aliphatic carbocycles. The number of rotatable bonds is 5. The maximum atomic E-state index is 12.1. The van der Waals surface area contributed by atoms with Gasteiger partial charge in [-0.2, -0.15) is 5.26 Å². The van der Waals surface area contributed by atoms with Crippen molar-refractivity contribution in [3.05, 3.63) is 71.4 Å². The molecule has 0 unspecified atom stereocenters. The molecule has 0 fully saturated rings. The maximum Gasteiger partial charge on any atom is 0.335 e. The highest BCUT2D eigenvalue weighted by atomic mass is 16.4. The van der Waals surface area contributed by atoms with E-state index in [0.29, 0.717) is 11.3 Å². The van der Waals surface area contributed by atoms with E-state index in [1.807, 2.05) is 0 Å². The lowest BCUT2D eigenvalue weighted by molar-refractivity contribution is -0.112. The van der Waals surface area contributed by atoms with Gasteiger partial charge in [-0.1, -0.05) is 6.07 Å². The van der Waals surface area contributed by atoms with Gasteiger partial charge in [0, 0.05) is 23.1 Å². The number of carbonyl (C=O) groups is 3. The highest BCUT2D eigenvalue weighted by molar-refractivity contribution is 6.07. The van der Waals surface area contributed by atoms with Gasteiger partial charge in [-0.25, -0.2) is 4.79 Å². The molecule has 0 saturated heterocycles. The van der Waals surface area contributed by atoms with Crippen LogP contribution >= 0.6 is 0 Å².